The molecule has 4 aromatic rings. The van der Waals surface area contributed by atoms with E-state index in [1.165, 1.54) is 10.6 Å². The van der Waals surface area contributed by atoms with Gasteiger partial charge in [-0.15, -0.1) is 22.9 Å². The fourth-order valence-electron chi connectivity index (χ4n) is 3.10. The number of rotatable bonds is 4. The molecule has 0 radical (unpaired) electrons. The fraction of sp³-hybridized carbons (Fsp3) is 0.100. The molecular formula is C20H13ClF2N2O2S. The summed E-state index contributed by atoms with van der Waals surface area (Å²) in [5.41, 5.74) is -0.486. The van der Waals surface area contributed by atoms with E-state index in [-0.39, 0.29) is 23.4 Å². The topological polar surface area (TPSA) is 44.0 Å². The number of benzene rings is 2. The van der Waals surface area contributed by atoms with Gasteiger partial charge in [0.05, 0.1) is 17.6 Å². The SMILES string of the molecule is O=c1c2c(CCl)csc2n(Cc2c(F)cccc2F)c(=O)n1-c1ccccc1. The summed E-state index contributed by atoms with van der Waals surface area (Å²) < 4.78 is 30.6. The molecule has 0 saturated heterocycles. The van der Waals surface area contributed by atoms with Gasteiger partial charge in [-0.2, -0.15) is 0 Å². The van der Waals surface area contributed by atoms with Gasteiger partial charge in [0, 0.05) is 11.4 Å². The van der Waals surface area contributed by atoms with E-state index in [2.05, 4.69) is 0 Å². The minimum atomic E-state index is -0.758. The van der Waals surface area contributed by atoms with Gasteiger partial charge in [-0.1, -0.05) is 24.3 Å². The normalized spacial score (nSPS) is 11.2. The zero-order valence-electron chi connectivity index (χ0n) is 14.4. The minimum Gasteiger partial charge on any atom is -0.279 e. The van der Waals surface area contributed by atoms with Gasteiger partial charge < -0.3 is 0 Å². The van der Waals surface area contributed by atoms with Crippen LogP contribution >= 0.6 is 22.9 Å². The first kappa shape index (κ1) is 18.6. The Balaban J connectivity index is 2.07. The molecule has 0 N–H and O–H groups in total. The van der Waals surface area contributed by atoms with Gasteiger partial charge in [-0.3, -0.25) is 9.36 Å². The molecule has 0 saturated carbocycles. The first-order chi connectivity index (χ1) is 13.5. The van der Waals surface area contributed by atoms with E-state index in [0.717, 1.165) is 28.0 Å². The van der Waals surface area contributed by atoms with Crippen molar-refractivity contribution in [2.45, 2.75) is 12.4 Å². The van der Waals surface area contributed by atoms with E-state index in [0.29, 0.717) is 16.1 Å². The molecule has 0 bridgehead atoms. The molecule has 28 heavy (non-hydrogen) atoms. The number of thiophene rings is 1. The fourth-order valence-corrected chi connectivity index (χ4v) is 4.46. The monoisotopic (exact) mass is 418 g/mol. The van der Waals surface area contributed by atoms with Gasteiger partial charge in [0.1, 0.15) is 16.5 Å². The van der Waals surface area contributed by atoms with Gasteiger partial charge in [-0.25, -0.2) is 18.1 Å². The van der Waals surface area contributed by atoms with E-state index < -0.39 is 22.9 Å². The highest BCUT2D eigenvalue weighted by Gasteiger charge is 2.20. The molecule has 142 valence electrons. The van der Waals surface area contributed by atoms with E-state index in [1.807, 2.05) is 0 Å². The summed E-state index contributed by atoms with van der Waals surface area (Å²) in [4.78, 5) is 26.6. The first-order valence-corrected chi connectivity index (χ1v) is 9.74. The second-order valence-corrected chi connectivity index (χ2v) is 7.25. The molecule has 0 atom stereocenters. The van der Waals surface area contributed by atoms with Crippen molar-refractivity contribution in [3.05, 3.63) is 97.5 Å². The summed E-state index contributed by atoms with van der Waals surface area (Å²) in [6.45, 7) is -0.344. The molecule has 8 heteroatoms. The van der Waals surface area contributed by atoms with Crippen molar-refractivity contribution in [3.8, 4) is 5.69 Å². The predicted octanol–water partition coefficient (Wildman–Crippen LogP) is 4.28. The summed E-state index contributed by atoms with van der Waals surface area (Å²) in [7, 11) is 0. The molecule has 0 amide bonds. The molecule has 2 aromatic heterocycles. The Kier molecular flexibility index (Phi) is 4.87. The first-order valence-electron chi connectivity index (χ1n) is 8.33. The third-order valence-corrected chi connectivity index (χ3v) is 5.81. The molecular weight excluding hydrogens is 406 g/mol. The summed E-state index contributed by atoms with van der Waals surface area (Å²) in [6, 6.07) is 11.9. The molecule has 4 nitrogen and oxygen atoms in total. The maximum absolute atomic E-state index is 14.2. The van der Waals surface area contributed by atoms with Crippen molar-refractivity contribution in [2.75, 3.05) is 0 Å². The van der Waals surface area contributed by atoms with Gasteiger partial charge in [0.15, 0.2) is 0 Å². The molecule has 0 unspecified atom stereocenters. The van der Waals surface area contributed by atoms with Crippen LogP contribution in [0.3, 0.4) is 0 Å². The number of aromatic nitrogens is 2. The number of fused-ring (bicyclic) bond motifs is 1. The lowest BCUT2D eigenvalue weighted by Crippen LogP contribution is -2.39. The van der Waals surface area contributed by atoms with Crippen LogP contribution in [0.15, 0.2) is 63.5 Å². The summed E-state index contributed by atoms with van der Waals surface area (Å²) in [6.07, 6.45) is 0. The van der Waals surface area contributed by atoms with Crippen molar-refractivity contribution < 1.29 is 8.78 Å². The second-order valence-electron chi connectivity index (χ2n) is 6.12. The highest BCUT2D eigenvalue weighted by Crippen LogP contribution is 2.25. The van der Waals surface area contributed by atoms with Crippen LogP contribution in [0.1, 0.15) is 11.1 Å². The quantitative estimate of drug-likeness (QED) is 0.464. The smallest absolute Gasteiger partial charge is 0.279 e. The van der Waals surface area contributed by atoms with Crippen LogP contribution < -0.4 is 11.2 Å². The lowest BCUT2D eigenvalue weighted by molar-refractivity contribution is 0.541. The van der Waals surface area contributed by atoms with Crippen molar-refractivity contribution in [1.29, 1.82) is 0 Å². The van der Waals surface area contributed by atoms with Gasteiger partial charge in [0.2, 0.25) is 0 Å². The zero-order valence-corrected chi connectivity index (χ0v) is 15.9. The van der Waals surface area contributed by atoms with Crippen molar-refractivity contribution in [1.82, 2.24) is 9.13 Å². The van der Waals surface area contributed by atoms with Crippen LogP contribution in [0, 0.1) is 11.6 Å². The lowest BCUT2D eigenvalue weighted by atomic mass is 10.2. The summed E-state index contributed by atoms with van der Waals surface area (Å²) in [5, 5.41) is 1.96. The average molecular weight is 419 g/mol. The zero-order chi connectivity index (χ0) is 19.8. The highest BCUT2D eigenvalue weighted by molar-refractivity contribution is 7.17. The summed E-state index contributed by atoms with van der Waals surface area (Å²) in [5.74, 6) is -1.44. The van der Waals surface area contributed by atoms with Gasteiger partial charge >= 0.3 is 5.69 Å². The Morgan fingerprint density at radius 2 is 1.64 bits per heavy atom. The third-order valence-electron chi connectivity index (χ3n) is 4.47. The van der Waals surface area contributed by atoms with E-state index in [1.54, 1.807) is 35.7 Å². The summed E-state index contributed by atoms with van der Waals surface area (Å²) >= 11 is 7.12. The Labute approximate surface area is 166 Å². The van der Waals surface area contributed by atoms with E-state index in [9.17, 15) is 18.4 Å². The highest BCUT2D eigenvalue weighted by atomic mass is 35.5. The standard InChI is InChI=1S/C20H13ClF2N2O2S/c21-9-12-11-28-19-17(12)18(26)25(13-5-2-1-3-6-13)20(27)24(19)10-14-15(22)7-4-8-16(14)23/h1-8,11H,9-10H2. The van der Waals surface area contributed by atoms with Crippen molar-refractivity contribution in [2.24, 2.45) is 0 Å². The number of alkyl halides is 1. The molecule has 4 rings (SSSR count). The lowest BCUT2D eigenvalue weighted by Gasteiger charge is -2.13. The molecule has 0 spiro atoms. The minimum absolute atomic E-state index is 0.0797. The van der Waals surface area contributed by atoms with Crippen LogP contribution in [0.4, 0.5) is 8.78 Å². The Hall–Kier alpha value is -2.77. The van der Waals surface area contributed by atoms with Crippen LogP contribution in [0.25, 0.3) is 15.9 Å². The molecule has 0 aliphatic carbocycles. The van der Waals surface area contributed by atoms with Crippen molar-refractivity contribution >= 4 is 33.2 Å². The van der Waals surface area contributed by atoms with Crippen LogP contribution in [0.5, 0.6) is 0 Å². The molecule has 0 aliphatic rings. The van der Waals surface area contributed by atoms with Crippen LogP contribution in [-0.2, 0) is 12.4 Å². The number of hydrogen-bond acceptors (Lipinski definition) is 3. The average Bonchev–Trinajstić information content (AvgIpc) is 3.12. The Morgan fingerprint density at radius 1 is 0.964 bits per heavy atom. The third kappa shape index (κ3) is 2.96. The van der Waals surface area contributed by atoms with Crippen LogP contribution in [-0.4, -0.2) is 9.13 Å². The predicted molar refractivity (Wildman–Crippen MR) is 107 cm³/mol. The maximum Gasteiger partial charge on any atom is 0.337 e. The Morgan fingerprint density at radius 3 is 2.29 bits per heavy atom. The number of nitrogens with zero attached hydrogens (tertiary/aromatic N) is 2. The van der Waals surface area contributed by atoms with Crippen molar-refractivity contribution in [3.63, 3.8) is 0 Å². The number of para-hydroxylation sites is 1. The molecule has 0 aliphatic heterocycles. The van der Waals surface area contributed by atoms with E-state index in [4.69, 9.17) is 11.6 Å². The Bertz CT molecular complexity index is 1280. The second kappa shape index (κ2) is 7.33. The molecule has 2 heterocycles. The number of hydrogen-bond donors (Lipinski definition) is 0. The molecule has 2 aromatic carbocycles. The van der Waals surface area contributed by atoms with Gasteiger partial charge in [-0.05, 0) is 35.2 Å². The molecule has 0 fully saturated rings. The number of halogens is 3. The van der Waals surface area contributed by atoms with E-state index >= 15 is 0 Å². The van der Waals surface area contributed by atoms with Crippen LogP contribution in [0.2, 0.25) is 0 Å². The van der Waals surface area contributed by atoms with Gasteiger partial charge in [0.25, 0.3) is 5.56 Å². The maximum atomic E-state index is 14.2. The largest absolute Gasteiger partial charge is 0.337 e.